The molecule has 1 aliphatic heterocycles. The lowest BCUT2D eigenvalue weighted by Crippen LogP contribution is -2.47. The number of nitrogens with one attached hydrogen (secondary N) is 1. The molecule has 1 atom stereocenters. The first kappa shape index (κ1) is 14.8. The van der Waals surface area contributed by atoms with Crippen LogP contribution in [0.4, 0.5) is 5.82 Å². The van der Waals surface area contributed by atoms with Gasteiger partial charge in [0.2, 0.25) is 0 Å². The standard InChI is InChI=1S/C16H23N5O/c1-19-8-5-13(11-19)10-18-14-4-3-7-21(12-14)15-16(22)20(2)9-6-17-15/h5-6,8-9,11,14,18H,3-4,7,10,12H2,1-2H3/t14-/m1/s1. The number of rotatable bonds is 4. The predicted molar refractivity (Wildman–Crippen MR) is 87.0 cm³/mol. The van der Waals surface area contributed by atoms with Crippen molar-refractivity contribution in [2.24, 2.45) is 14.1 Å². The maximum atomic E-state index is 12.2. The molecule has 0 aliphatic carbocycles. The van der Waals surface area contributed by atoms with Gasteiger partial charge in [0.1, 0.15) is 0 Å². The Morgan fingerprint density at radius 3 is 3.00 bits per heavy atom. The second-order valence-electron chi connectivity index (χ2n) is 6.02. The van der Waals surface area contributed by atoms with Gasteiger partial charge in [0.05, 0.1) is 0 Å². The van der Waals surface area contributed by atoms with Crippen LogP contribution in [0.15, 0.2) is 35.6 Å². The highest BCUT2D eigenvalue weighted by atomic mass is 16.1. The minimum atomic E-state index is -0.0220. The van der Waals surface area contributed by atoms with Gasteiger partial charge < -0.3 is 19.4 Å². The SMILES string of the molecule is Cn1ccc(CN[C@@H]2CCCN(c3nccn(C)c3=O)C2)c1. The molecule has 1 fully saturated rings. The Bertz CT molecular complexity index is 690. The van der Waals surface area contributed by atoms with Crippen molar-refractivity contribution in [3.63, 3.8) is 0 Å². The van der Waals surface area contributed by atoms with Gasteiger partial charge in [-0.05, 0) is 24.5 Å². The molecular formula is C16H23N5O. The van der Waals surface area contributed by atoms with E-state index in [1.165, 1.54) is 5.56 Å². The molecule has 0 radical (unpaired) electrons. The minimum Gasteiger partial charge on any atom is -0.357 e. The molecule has 2 aromatic rings. The van der Waals surface area contributed by atoms with Crippen molar-refractivity contribution >= 4 is 5.82 Å². The summed E-state index contributed by atoms with van der Waals surface area (Å²) in [5.41, 5.74) is 1.26. The summed E-state index contributed by atoms with van der Waals surface area (Å²) in [5, 5.41) is 3.59. The topological polar surface area (TPSA) is 55.1 Å². The summed E-state index contributed by atoms with van der Waals surface area (Å²) < 4.78 is 3.64. The molecule has 2 aromatic heterocycles. The van der Waals surface area contributed by atoms with Crippen molar-refractivity contribution in [2.45, 2.75) is 25.4 Å². The quantitative estimate of drug-likeness (QED) is 0.911. The first-order valence-corrected chi connectivity index (χ1v) is 7.74. The largest absolute Gasteiger partial charge is 0.357 e. The molecule has 0 amide bonds. The van der Waals surface area contributed by atoms with Crippen LogP contribution < -0.4 is 15.8 Å². The zero-order valence-electron chi connectivity index (χ0n) is 13.2. The summed E-state index contributed by atoms with van der Waals surface area (Å²) in [7, 11) is 3.80. The zero-order chi connectivity index (χ0) is 15.5. The highest BCUT2D eigenvalue weighted by Gasteiger charge is 2.22. The van der Waals surface area contributed by atoms with E-state index < -0.39 is 0 Å². The van der Waals surface area contributed by atoms with Crippen LogP contribution in [-0.2, 0) is 20.6 Å². The molecule has 0 spiro atoms. The Kier molecular flexibility index (Phi) is 4.29. The lowest BCUT2D eigenvalue weighted by molar-refractivity contribution is 0.419. The zero-order valence-corrected chi connectivity index (χ0v) is 13.2. The van der Waals surface area contributed by atoms with Gasteiger partial charge in [-0.1, -0.05) is 0 Å². The van der Waals surface area contributed by atoms with Crippen molar-refractivity contribution in [3.05, 3.63) is 46.8 Å². The fourth-order valence-corrected chi connectivity index (χ4v) is 2.97. The van der Waals surface area contributed by atoms with Crippen LogP contribution in [0, 0.1) is 0 Å². The van der Waals surface area contributed by atoms with Crippen molar-refractivity contribution in [1.29, 1.82) is 0 Å². The van der Waals surface area contributed by atoms with E-state index in [2.05, 4.69) is 38.2 Å². The van der Waals surface area contributed by atoms with E-state index in [1.54, 1.807) is 24.0 Å². The van der Waals surface area contributed by atoms with E-state index in [1.807, 2.05) is 7.05 Å². The highest BCUT2D eigenvalue weighted by Crippen LogP contribution is 2.15. The highest BCUT2D eigenvalue weighted by molar-refractivity contribution is 5.36. The molecule has 22 heavy (non-hydrogen) atoms. The monoisotopic (exact) mass is 301 g/mol. The Balaban J connectivity index is 1.64. The van der Waals surface area contributed by atoms with Gasteiger partial charge in [-0.25, -0.2) is 4.98 Å². The molecule has 6 heteroatoms. The van der Waals surface area contributed by atoms with Gasteiger partial charge in [0.25, 0.3) is 5.56 Å². The lowest BCUT2D eigenvalue weighted by Gasteiger charge is -2.33. The van der Waals surface area contributed by atoms with E-state index in [4.69, 9.17) is 0 Å². The van der Waals surface area contributed by atoms with Crippen molar-refractivity contribution in [2.75, 3.05) is 18.0 Å². The third-order valence-electron chi connectivity index (χ3n) is 4.21. The first-order valence-electron chi connectivity index (χ1n) is 7.74. The first-order chi connectivity index (χ1) is 10.6. The predicted octanol–water partition coefficient (Wildman–Crippen LogP) is 0.877. The number of nitrogens with zero attached hydrogens (tertiary/aromatic N) is 4. The summed E-state index contributed by atoms with van der Waals surface area (Å²) in [6, 6.07) is 2.52. The van der Waals surface area contributed by atoms with Crippen LogP contribution in [0.1, 0.15) is 18.4 Å². The summed E-state index contributed by atoms with van der Waals surface area (Å²) in [6.07, 6.45) is 9.78. The number of hydrogen-bond donors (Lipinski definition) is 1. The fourth-order valence-electron chi connectivity index (χ4n) is 2.97. The van der Waals surface area contributed by atoms with Crippen LogP contribution in [0.3, 0.4) is 0 Å². The minimum absolute atomic E-state index is 0.0220. The summed E-state index contributed by atoms with van der Waals surface area (Å²) in [6.45, 7) is 2.59. The van der Waals surface area contributed by atoms with Gasteiger partial charge >= 0.3 is 0 Å². The van der Waals surface area contributed by atoms with Crippen LogP contribution in [0.25, 0.3) is 0 Å². The van der Waals surface area contributed by atoms with Crippen molar-refractivity contribution < 1.29 is 0 Å². The van der Waals surface area contributed by atoms with Gasteiger partial charge in [0.15, 0.2) is 5.82 Å². The number of aryl methyl sites for hydroxylation is 2. The Morgan fingerprint density at radius 2 is 2.23 bits per heavy atom. The summed E-state index contributed by atoms with van der Waals surface area (Å²) >= 11 is 0. The number of anilines is 1. The van der Waals surface area contributed by atoms with E-state index in [0.717, 1.165) is 32.5 Å². The third kappa shape index (κ3) is 3.22. The maximum Gasteiger partial charge on any atom is 0.293 e. The second-order valence-corrected chi connectivity index (χ2v) is 6.02. The maximum absolute atomic E-state index is 12.2. The molecule has 6 nitrogen and oxygen atoms in total. The Morgan fingerprint density at radius 1 is 1.36 bits per heavy atom. The van der Waals surface area contributed by atoms with Gasteiger partial charge in [-0.15, -0.1) is 0 Å². The van der Waals surface area contributed by atoms with E-state index in [0.29, 0.717) is 11.9 Å². The molecule has 1 aliphatic rings. The molecule has 118 valence electrons. The lowest BCUT2D eigenvalue weighted by atomic mass is 10.1. The molecule has 3 rings (SSSR count). The summed E-state index contributed by atoms with van der Waals surface area (Å²) in [5.74, 6) is 0.566. The molecule has 0 unspecified atom stereocenters. The average Bonchev–Trinajstić information content (AvgIpc) is 2.94. The van der Waals surface area contributed by atoms with Crippen molar-refractivity contribution in [3.8, 4) is 0 Å². The molecule has 0 saturated carbocycles. The molecule has 1 saturated heterocycles. The normalized spacial score (nSPS) is 18.6. The van der Waals surface area contributed by atoms with Crippen molar-refractivity contribution in [1.82, 2.24) is 19.4 Å². The van der Waals surface area contributed by atoms with Crippen LogP contribution in [-0.4, -0.2) is 33.2 Å². The Labute approximate surface area is 130 Å². The molecule has 3 heterocycles. The van der Waals surface area contributed by atoms with E-state index in [9.17, 15) is 4.79 Å². The third-order valence-corrected chi connectivity index (χ3v) is 4.21. The van der Waals surface area contributed by atoms with E-state index >= 15 is 0 Å². The number of hydrogen-bond acceptors (Lipinski definition) is 4. The Hall–Kier alpha value is -2.08. The molecule has 0 aromatic carbocycles. The fraction of sp³-hybridized carbons (Fsp3) is 0.500. The number of piperidine rings is 1. The van der Waals surface area contributed by atoms with E-state index in [-0.39, 0.29) is 5.56 Å². The summed E-state index contributed by atoms with van der Waals surface area (Å²) in [4.78, 5) is 18.6. The van der Waals surface area contributed by atoms with Crippen LogP contribution in [0.5, 0.6) is 0 Å². The molecule has 1 N–H and O–H groups in total. The molecule has 0 bridgehead atoms. The van der Waals surface area contributed by atoms with Gasteiger partial charge in [0, 0.05) is 64.6 Å². The molecular weight excluding hydrogens is 278 g/mol. The second kappa shape index (κ2) is 6.36. The van der Waals surface area contributed by atoms with Gasteiger partial charge in [-0.2, -0.15) is 0 Å². The van der Waals surface area contributed by atoms with Crippen LogP contribution >= 0.6 is 0 Å². The average molecular weight is 301 g/mol. The van der Waals surface area contributed by atoms with Gasteiger partial charge in [-0.3, -0.25) is 4.79 Å². The van der Waals surface area contributed by atoms with Crippen LogP contribution in [0.2, 0.25) is 0 Å². The smallest absolute Gasteiger partial charge is 0.293 e. The number of aromatic nitrogens is 3.